The summed E-state index contributed by atoms with van der Waals surface area (Å²) in [4.78, 5) is 2.56. The predicted molar refractivity (Wildman–Crippen MR) is 75.2 cm³/mol. The van der Waals surface area contributed by atoms with Crippen LogP contribution in [0.3, 0.4) is 0 Å². The van der Waals surface area contributed by atoms with Crippen LogP contribution in [0, 0.1) is 0 Å². The van der Waals surface area contributed by atoms with Crippen LogP contribution in [0.15, 0.2) is 41.3 Å². The van der Waals surface area contributed by atoms with Gasteiger partial charge in [0.15, 0.2) is 0 Å². The van der Waals surface area contributed by atoms with Crippen LogP contribution >= 0.6 is 23.1 Å². The summed E-state index contributed by atoms with van der Waals surface area (Å²) in [6.45, 7) is 4.41. The van der Waals surface area contributed by atoms with Crippen molar-refractivity contribution < 1.29 is 0 Å². The molecule has 3 heteroatoms. The highest BCUT2D eigenvalue weighted by molar-refractivity contribution is 7.99. The van der Waals surface area contributed by atoms with Gasteiger partial charge >= 0.3 is 0 Å². The number of benzene rings is 1. The van der Waals surface area contributed by atoms with Crippen molar-refractivity contribution in [1.29, 1.82) is 0 Å². The van der Waals surface area contributed by atoms with E-state index in [1.807, 2.05) is 17.8 Å². The Balaban J connectivity index is 2.19. The fourth-order valence-electron chi connectivity index (χ4n) is 1.48. The fourth-order valence-corrected chi connectivity index (χ4v) is 3.10. The van der Waals surface area contributed by atoms with Crippen molar-refractivity contribution in [2.75, 3.05) is 5.73 Å². The zero-order chi connectivity index (χ0) is 11.5. The summed E-state index contributed by atoms with van der Waals surface area (Å²) in [6.07, 6.45) is 0. The van der Waals surface area contributed by atoms with Gasteiger partial charge in [-0.3, -0.25) is 0 Å². The van der Waals surface area contributed by atoms with Crippen LogP contribution in [0.2, 0.25) is 0 Å². The number of thiophene rings is 1. The molecule has 1 aromatic carbocycles. The quantitative estimate of drug-likeness (QED) is 0.811. The molecular weight excluding hydrogens is 234 g/mol. The summed E-state index contributed by atoms with van der Waals surface area (Å²) in [6, 6.07) is 12.7. The van der Waals surface area contributed by atoms with E-state index in [4.69, 9.17) is 5.73 Å². The average molecular weight is 249 g/mol. The molecule has 0 spiro atoms. The van der Waals surface area contributed by atoms with Gasteiger partial charge in [0.2, 0.25) is 0 Å². The Bertz CT molecular complexity index is 457. The molecule has 0 fully saturated rings. The second-order valence-electron chi connectivity index (χ2n) is 3.89. The lowest BCUT2D eigenvalue weighted by Crippen LogP contribution is -1.85. The minimum atomic E-state index is 0.628. The van der Waals surface area contributed by atoms with Gasteiger partial charge in [-0.25, -0.2) is 0 Å². The number of anilines is 1. The lowest BCUT2D eigenvalue weighted by atomic mass is 10.2. The molecular formula is C13H15NS2. The monoisotopic (exact) mass is 249 g/mol. The van der Waals surface area contributed by atoms with E-state index in [1.165, 1.54) is 15.3 Å². The van der Waals surface area contributed by atoms with Crippen molar-refractivity contribution in [3.05, 3.63) is 36.4 Å². The van der Waals surface area contributed by atoms with Gasteiger partial charge in [0.25, 0.3) is 0 Å². The largest absolute Gasteiger partial charge is 0.391 e. The van der Waals surface area contributed by atoms with E-state index >= 15 is 0 Å². The van der Waals surface area contributed by atoms with Crippen LogP contribution in [-0.2, 0) is 0 Å². The third kappa shape index (κ3) is 2.80. The highest BCUT2D eigenvalue weighted by atomic mass is 32.2. The maximum atomic E-state index is 5.73. The molecule has 0 amide bonds. The molecule has 0 aliphatic rings. The minimum Gasteiger partial charge on any atom is -0.391 e. The van der Waals surface area contributed by atoms with Crippen LogP contribution in [0.4, 0.5) is 5.00 Å². The Morgan fingerprint density at radius 2 is 1.75 bits per heavy atom. The molecule has 0 radical (unpaired) electrons. The highest BCUT2D eigenvalue weighted by Crippen LogP contribution is 2.31. The Morgan fingerprint density at radius 3 is 2.25 bits per heavy atom. The van der Waals surface area contributed by atoms with E-state index in [1.54, 1.807) is 11.3 Å². The van der Waals surface area contributed by atoms with Gasteiger partial charge in [-0.1, -0.05) is 26.0 Å². The molecule has 84 valence electrons. The van der Waals surface area contributed by atoms with E-state index < -0.39 is 0 Å². The second kappa shape index (κ2) is 4.93. The molecule has 0 unspecified atom stereocenters. The first kappa shape index (κ1) is 11.6. The normalized spacial score (nSPS) is 10.9. The standard InChI is InChI=1S/C13H15NS2/c1-9(2)15-11-5-3-10(4-6-11)12-7-8-13(14)16-12/h3-9H,14H2,1-2H3. The zero-order valence-corrected chi connectivity index (χ0v) is 11.1. The molecule has 2 N–H and O–H groups in total. The molecule has 0 aliphatic heterocycles. The number of hydrogen-bond acceptors (Lipinski definition) is 3. The van der Waals surface area contributed by atoms with E-state index in [0.29, 0.717) is 5.25 Å². The molecule has 1 heterocycles. The maximum absolute atomic E-state index is 5.73. The summed E-state index contributed by atoms with van der Waals surface area (Å²) in [5.74, 6) is 0. The van der Waals surface area contributed by atoms with Crippen molar-refractivity contribution in [1.82, 2.24) is 0 Å². The first-order valence-electron chi connectivity index (χ1n) is 5.27. The molecule has 0 bridgehead atoms. The molecule has 2 aromatic rings. The molecule has 0 aliphatic carbocycles. The zero-order valence-electron chi connectivity index (χ0n) is 9.44. The SMILES string of the molecule is CC(C)Sc1ccc(-c2ccc(N)s2)cc1. The molecule has 0 saturated carbocycles. The lowest BCUT2D eigenvalue weighted by Gasteiger charge is -2.05. The topological polar surface area (TPSA) is 26.0 Å². The number of nitrogens with two attached hydrogens (primary N) is 1. The van der Waals surface area contributed by atoms with Crippen molar-refractivity contribution in [2.45, 2.75) is 24.0 Å². The summed E-state index contributed by atoms with van der Waals surface area (Å²) in [7, 11) is 0. The molecule has 0 saturated heterocycles. The molecule has 1 nitrogen and oxygen atoms in total. The highest BCUT2D eigenvalue weighted by Gasteiger charge is 2.02. The van der Waals surface area contributed by atoms with Gasteiger partial charge in [-0.2, -0.15) is 0 Å². The van der Waals surface area contributed by atoms with Crippen LogP contribution in [-0.4, -0.2) is 5.25 Å². The first-order valence-corrected chi connectivity index (χ1v) is 6.97. The lowest BCUT2D eigenvalue weighted by molar-refractivity contribution is 1.11. The van der Waals surface area contributed by atoms with Crippen molar-refractivity contribution in [3.63, 3.8) is 0 Å². The van der Waals surface area contributed by atoms with Crippen LogP contribution in [0.1, 0.15) is 13.8 Å². The van der Waals surface area contributed by atoms with E-state index in [0.717, 1.165) is 5.00 Å². The fraction of sp³-hybridized carbons (Fsp3) is 0.231. The number of rotatable bonds is 3. The number of nitrogen functional groups attached to an aromatic ring is 1. The molecule has 16 heavy (non-hydrogen) atoms. The van der Waals surface area contributed by atoms with E-state index in [9.17, 15) is 0 Å². The Kier molecular flexibility index (Phi) is 3.56. The van der Waals surface area contributed by atoms with Gasteiger partial charge in [0.1, 0.15) is 0 Å². The van der Waals surface area contributed by atoms with E-state index in [2.05, 4.69) is 44.2 Å². The summed E-state index contributed by atoms with van der Waals surface area (Å²) < 4.78 is 0. The van der Waals surface area contributed by atoms with Gasteiger partial charge in [0, 0.05) is 15.0 Å². The Hall–Kier alpha value is -0.930. The van der Waals surface area contributed by atoms with Crippen molar-refractivity contribution in [3.8, 4) is 10.4 Å². The Labute approximate surface area is 105 Å². The third-order valence-electron chi connectivity index (χ3n) is 2.14. The van der Waals surface area contributed by atoms with Gasteiger partial charge < -0.3 is 5.73 Å². The maximum Gasteiger partial charge on any atom is 0.0862 e. The Morgan fingerprint density at radius 1 is 1.06 bits per heavy atom. The van der Waals surface area contributed by atoms with Gasteiger partial charge in [0.05, 0.1) is 5.00 Å². The number of hydrogen-bond donors (Lipinski definition) is 1. The smallest absolute Gasteiger partial charge is 0.0862 e. The van der Waals surface area contributed by atoms with Crippen LogP contribution in [0.5, 0.6) is 0 Å². The third-order valence-corrected chi connectivity index (χ3v) is 4.12. The molecule has 2 rings (SSSR count). The van der Waals surface area contributed by atoms with Gasteiger partial charge in [-0.05, 0) is 29.8 Å². The molecule has 0 atom stereocenters. The summed E-state index contributed by atoms with van der Waals surface area (Å²) in [5.41, 5.74) is 6.97. The molecule has 1 aromatic heterocycles. The first-order chi connectivity index (χ1) is 7.65. The average Bonchev–Trinajstić information content (AvgIpc) is 2.65. The van der Waals surface area contributed by atoms with E-state index in [-0.39, 0.29) is 0 Å². The van der Waals surface area contributed by atoms with Crippen LogP contribution < -0.4 is 5.73 Å². The second-order valence-corrected chi connectivity index (χ2v) is 6.66. The number of thioether (sulfide) groups is 1. The summed E-state index contributed by atoms with van der Waals surface area (Å²) >= 11 is 3.52. The predicted octanol–water partition coefficient (Wildman–Crippen LogP) is 4.50. The van der Waals surface area contributed by atoms with Crippen molar-refractivity contribution in [2.24, 2.45) is 0 Å². The van der Waals surface area contributed by atoms with Gasteiger partial charge in [-0.15, -0.1) is 23.1 Å². The summed E-state index contributed by atoms with van der Waals surface area (Å²) in [5, 5.41) is 1.50. The van der Waals surface area contributed by atoms with Crippen molar-refractivity contribution >= 4 is 28.1 Å². The minimum absolute atomic E-state index is 0.628. The van der Waals surface area contributed by atoms with Crippen LogP contribution in [0.25, 0.3) is 10.4 Å².